The lowest BCUT2D eigenvalue weighted by Crippen LogP contribution is -2.33. The summed E-state index contributed by atoms with van der Waals surface area (Å²) < 4.78 is 5.30. The van der Waals surface area contributed by atoms with Gasteiger partial charge in [0.05, 0.1) is 11.9 Å². The van der Waals surface area contributed by atoms with Gasteiger partial charge in [-0.1, -0.05) is 42.5 Å². The Labute approximate surface area is 193 Å². The summed E-state index contributed by atoms with van der Waals surface area (Å²) >= 11 is 0. The van der Waals surface area contributed by atoms with E-state index in [1.807, 2.05) is 57.2 Å². The van der Waals surface area contributed by atoms with Gasteiger partial charge in [-0.15, -0.1) is 0 Å². The number of benzene rings is 2. The standard InChI is InChI=1S/C26H27N5O2/c1-26(2,3)33-25(32)29-12-11-18-7-6-9-20(15-18)22-16-19-8-4-5-10-21(19)24(30-22)31-23-17-27-13-14-28-23/h4-10,13-17H,11-12H2,1-3H3,(H,29,32)(H,28,30,31). The number of nitrogens with one attached hydrogen (secondary N) is 2. The number of fused-ring (bicyclic) bond motifs is 1. The van der Waals surface area contributed by atoms with E-state index in [-0.39, 0.29) is 0 Å². The van der Waals surface area contributed by atoms with Gasteiger partial charge in [-0.2, -0.15) is 0 Å². The van der Waals surface area contributed by atoms with Crippen molar-refractivity contribution in [1.29, 1.82) is 0 Å². The third-order valence-corrected chi connectivity index (χ3v) is 4.85. The quantitative estimate of drug-likeness (QED) is 0.411. The second kappa shape index (κ2) is 9.65. The number of carbonyl (C=O) groups is 1. The lowest BCUT2D eigenvalue weighted by atomic mass is 10.0. The topological polar surface area (TPSA) is 89.0 Å². The van der Waals surface area contributed by atoms with Crippen LogP contribution in [0.5, 0.6) is 0 Å². The molecule has 0 unspecified atom stereocenters. The van der Waals surface area contributed by atoms with Gasteiger partial charge in [0, 0.05) is 29.9 Å². The Morgan fingerprint density at radius 2 is 1.88 bits per heavy atom. The second-order valence-corrected chi connectivity index (χ2v) is 8.67. The third-order valence-electron chi connectivity index (χ3n) is 4.85. The predicted molar refractivity (Wildman–Crippen MR) is 130 cm³/mol. The average molecular weight is 442 g/mol. The van der Waals surface area contributed by atoms with Crippen LogP contribution in [0.1, 0.15) is 26.3 Å². The van der Waals surface area contributed by atoms with Crippen molar-refractivity contribution < 1.29 is 9.53 Å². The molecule has 0 saturated carbocycles. The van der Waals surface area contributed by atoms with Crippen molar-refractivity contribution in [2.75, 3.05) is 11.9 Å². The number of rotatable bonds is 6. The highest BCUT2D eigenvalue weighted by atomic mass is 16.6. The zero-order valence-electron chi connectivity index (χ0n) is 19.0. The van der Waals surface area contributed by atoms with E-state index in [0.29, 0.717) is 18.8 Å². The highest BCUT2D eigenvalue weighted by molar-refractivity contribution is 5.95. The lowest BCUT2D eigenvalue weighted by Gasteiger charge is -2.19. The molecule has 1 amide bonds. The van der Waals surface area contributed by atoms with Gasteiger partial charge in [0.1, 0.15) is 17.2 Å². The normalized spacial score (nSPS) is 11.2. The van der Waals surface area contributed by atoms with E-state index in [1.54, 1.807) is 18.6 Å². The van der Waals surface area contributed by atoms with Gasteiger partial charge >= 0.3 is 6.09 Å². The van der Waals surface area contributed by atoms with Gasteiger partial charge in [0.25, 0.3) is 0 Å². The summed E-state index contributed by atoms with van der Waals surface area (Å²) in [5.41, 5.74) is 2.43. The first kappa shape index (κ1) is 22.2. The van der Waals surface area contributed by atoms with E-state index in [0.717, 1.165) is 33.4 Å². The van der Waals surface area contributed by atoms with Gasteiger partial charge in [-0.3, -0.25) is 4.98 Å². The molecule has 2 heterocycles. The van der Waals surface area contributed by atoms with E-state index in [2.05, 4.69) is 38.8 Å². The first-order valence-corrected chi connectivity index (χ1v) is 10.9. The number of hydrogen-bond acceptors (Lipinski definition) is 6. The number of aromatic nitrogens is 3. The Morgan fingerprint density at radius 1 is 1.03 bits per heavy atom. The van der Waals surface area contributed by atoms with Gasteiger partial charge in [-0.25, -0.2) is 14.8 Å². The highest BCUT2D eigenvalue weighted by Crippen LogP contribution is 2.29. The maximum Gasteiger partial charge on any atom is 0.407 e. The summed E-state index contributed by atoms with van der Waals surface area (Å²) in [6.45, 7) is 6.03. The molecule has 0 bridgehead atoms. The number of ether oxygens (including phenoxy) is 1. The predicted octanol–water partition coefficient (Wildman–Crippen LogP) is 5.50. The molecule has 0 fully saturated rings. The van der Waals surface area contributed by atoms with Crippen LogP contribution in [0, 0.1) is 0 Å². The molecule has 4 aromatic rings. The van der Waals surface area contributed by atoms with Crippen LogP contribution >= 0.6 is 0 Å². The van der Waals surface area contributed by atoms with Crippen LogP contribution in [-0.4, -0.2) is 33.2 Å². The number of alkyl carbamates (subject to hydrolysis) is 1. The zero-order valence-corrected chi connectivity index (χ0v) is 19.0. The van der Waals surface area contributed by atoms with E-state index < -0.39 is 11.7 Å². The van der Waals surface area contributed by atoms with E-state index in [4.69, 9.17) is 9.72 Å². The number of hydrogen-bond donors (Lipinski definition) is 2. The van der Waals surface area contributed by atoms with Gasteiger partial charge in [0.2, 0.25) is 0 Å². The molecule has 0 saturated heterocycles. The van der Waals surface area contributed by atoms with Gasteiger partial charge < -0.3 is 15.4 Å². The lowest BCUT2D eigenvalue weighted by molar-refractivity contribution is 0.0528. The van der Waals surface area contributed by atoms with Gasteiger partial charge in [-0.05, 0) is 50.3 Å². The van der Waals surface area contributed by atoms with Crippen LogP contribution in [0.2, 0.25) is 0 Å². The Bertz CT molecular complexity index is 1250. The third kappa shape index (κ3) is 6.04. The molecule has 0 aliphatic heterocycles. The SMILES string of the molecule is CC(C)(C)OC(=O)NCCc1cccc(-c2cc3ccccc3c(Nc3cnccn3)n2)c1. The fourth-order valence-electron chi connectivity index (χ4n) is 3.44. The van der Waals surface area contributed by atoms with Crippen molar-refractivity contribution in [2.45, 2.75) is 32.8 Å². The zero-order chi connectivity index (χ0) is 23.3. The average Bonchev–Trinajstić information content (AvgIpc) is 2.79. The largest absolute Gasteiger partial charge is 0.444 e. The second-order valence-electron chi connectivity index (χ2n) is 8.67. The first-order chi connectivity index (χ1) is 15.9. The van der Waals surface area contributed by atoms with E-state index >= 15 is 0 Å². The summed E-state index contributed by atoms with van der Waals surface area (Å²) in [6.07, 6.45) is 5.22. The Kier molecular flexibility index (Phi) is 6.49. The molecule has 33 heavy (non-hydrogen) atoms. The monoisotopic (exact) mass is 441 g/mol. The van der Waals surface area contributed by atoms with Crippen molar-refractivity contribution in [3.8, 4) is 11.3 Å². The molecular formula is C26H27N5O2. The molecule has 168 valence electrons. The molecule has 2 N–H and O–H groups in total. The van der Waals surface area contributed by atoms with Crippen molar-refractivity contribution in [2.24, 2.45) is 0 Å². The number of amides is 1. The molecule has 4 rings (SSSR count). The Morgan fingerprint density at radius 3 is 2.67 bits per heavy atom. The van der Waals surface area contributed by atoms with Gasteiger partial charge in [0.15, 0.2) is 0 Å². The van der Waals surface area contributed by atoms with Crippen molar-refractivity contribution >= 4 is 28.5 Å². The minimum absolute atomic E-state index is 0.408. The molecule has 7 heteroatoms. The number of pyridine rings is 1. The number of carbonyl (C=O) groups excluding carboxylic acids is 1. The molecule has 0 aliphatic rings. The van der Waals surface area contributed by atoms with E-state index in [1.165, 1.54) is 0 Å². The maximum absolute atomic E-state index is 11.9. The Balaban J connectivity index is 1.56. The Hall–Kier alpha value is -4.00. The molecule has 0 atom stereocenters. The smallest absolute Gasteiger partial charge is 0.407 e. The fourth-order valence-corrected chi connectivity index (χ4v) is 3.44. The van der Waals surface area contributed by atoms with Crippen molar-refractivity contribution in [1.82, 2.24) is 20.3 Å². The highest BCUT2D eigenvalue weighted by Gasteiger charge is 2.15. The van der Waals surface area contributed by atoms with Crippen molar-refractivity contribution in [3.63, 3.8) is 0 Å². The minimum atomic E-state index is -0.511. The van der Waals surface area contributed by atoms with Crippen molar-refractivity contribution in [3.05, 3.63) is 78.8 Å². The van der Waals surface area contributed by atoms with E-state index in [9.17, 15) is 4.79 Å². The maximum atomic E-state index is 11.9. The summed E-state index contributed by atoms with van der Waals surface area (Å²) in [5.74, 6) is 1.36. The molecule has 7 nitrogen and oxygen atoms in total. The summed E-state index contributed by atoms with van der Waals surface area (Å²) in [7, 11) is 0. The fraction of sp³-hybridized carbons (Fsp3) is 0.231. The molecule has 0 radical (unpaired) electrons. The summed E-state index contributed by atoms with van der Waals surface area (Å²) in [6, 6.07) is 18.4. The molecular weight excluding hydrogens is 414 g/mol. The molecule has 2 aromatic heterocycles. The molecule has 0 spiro atoms. The summed E-state index contributed by atoms with van der Waals surface area (Å²) in [4.78, 5) is 25.2. The minimum Gasteiger partial charge on any atom is -0.444 e. The van der Waals surface area contributed by atoms with Crippen LogP contribution in [0.25, 0.3) is 22.0 Å². The first-order valence-electron chi connectivity index (χ1n) is 10.9. The van der Waals surface area contributed by atoms with Crippen LogP contribution in [-0.2, 0) is 11.2 Å². The van der Waals surface area contributed by atoms with Crippen LogP contribution in [0.15, 0.2) is 73.2 Å². The van der Waals surface area contributed by atoms with Crippen LogP contribution in [0.3, 0.4) is 0 Å². The van der Waals surface area contributed by atoms with Crippen LogP contribution in [0.4, 0.5) is 16.4 Å². The van der Waals surface area contributed by atoms with Crippen LogP contribution < -0.4 is 10.6 Å². The summed E-state index contributed by atoms with van der Waals surface area (Å²) in [5, 5.41) is 8.18. The number of nitrogens with zero attached hydrogens (tertiary/aromatic N) is 3. The molecule has 0 aliphatic carbocycles. The molecule has 2 aromatic carbocycles. The number of anilines is 2.